The predicted octanol–water partition coefficient (Wildman–Crippen LogP) is 3.76. The van der Waals surface area contributed by atoms with E-state index in [-0.39, 0.29) is 23.4 Å². The van der Waals surface area contributed by atoms with Crippen LogP contribution < -0.4 is 10.9 Å². The topological polar surface area (TPSA) is 67.5 Å². The van der Waals surface area contributed by atoms with Gasteiger partial charge in [-0.15, -0.1) is 0 Å². The normalized spacial score (nSPS) is 20.5. The third-order valence-electron chi connectivity index (χ3n) is 5.70. The van der Waals surface area contributed by atoms with Gasteiger partial charge in [-0.25, -0.2) is 4.79 Å². The number of carbonyl (C=O) groups is 1. The van der Waals surface area contributed by atoms with Crippen molar-refractivity contribution in [3.63, 3.8) is 0 Å². The summed E-state index contributed by atoms with van der Waals surface area (Å²) in [5, 5.41) is 2.97. The Bertz CT molecular complexity index is 1060. The zero-order valence-corrected chi connectivity index (χ0v) is 15.4. The molecular formula is C22H21N3O3. The van der Waals surface area contributed by atoms with Gasteiger partial charge in [-0.05, 0) is 48.7 Å². The number of urea groups is 1. The number of pyridine rings is 1. The van der Waals surface area contributed by atoms with Gasteiger partial charge >= 0.3 is 6.03 Å². The van der Waals surface area contributed by atoms with E-state index in [1.165, 1.54) is 0 Å². The molecule has 2 aliphatic heterocycles. The monoisotopic (exact) mass is 375 g/mol. The van der Waals surface area contributed by atoms with Crippen LogP contribution in [0, 0.1) is 5.92 Å². The van der Waals surface area contributed by atoms with Gasteiger partial charge in [0.05, 0.1) is 11.8 Å². The van der Waals surface area contributed by atoms with E-state index in [0.717, 1.165) is 17.8 Å². The largest absolute Gasteiger partial charge is 0.464 e. The van der Waals surface area contributed by atoms with E-state index in [1.807, 2.05) is 58.0 Å². The number of para-hydroxylation sites is 1. The lowest BCUT2D eigenvalue weighted by Crippen LogP contribution is -2.50. The van der Waals surface area contributed by atoms with Gasteiger partial charge in [0.1, 0.15) is 5.76 Å². The van der Waals surface area contributed by atoms with Gasteiger partial charge in [-0.3, -0.25) is 4.79 Å². The Morgan fingerprint density at radius 1 is 1.00 bits per heavy atom. The molecule has 28 heavy (non-hydrogen) atoms. The van der Waals surface area contributed by atoms with Crippen molar-refractivity contribution >= 4 is 11.7 Å². The molecule has 4 heterocycles. The summed E-state index contributed by atoms with van der Waals surface area (Å²) >= 11 is 0. The molecule has 0 unspecified atom stereocenters. The van der Waals surface area contributed by atoms with E-state index < -0.39 is 0 Å². The first-order chi connectivity index (χ1) is 13.7. The van der Waals surface area contributed by atoms with Gasteiger partial charge in [0.15, 0.2) is 0 Å². The van der Waals surface area contributed by atoms with Gasteiger partial charge in [0, 0.05) is 36.9 Å². The fourth-order valence-electron chi connectivity index (χ4n) is 4.46. The average Bonchev–Trinajstić information content (AvgIpc) is 3.24. The van der Waals surface area contributed by atoms with E-state index in [0.29, 0.717) is 31.0 Å². The van der Waals surface area contributed by atoms with Crippen molar-refractivity contribution in [3.8, 4) is 11.3 Å². The minimum atomic E-state index is -0.0797. The molecule has 0 radical (unpaired) electrons. The summed E-state index contributed by atoms with van der Waals surface area (Å²) < 4.78 is 7.29. The number of nitrogens with one attached hydrogen (secondary N) is 1. The summed E-state index contributed by atoms with van der Waals surface area (Å²) in [5.74, 6) is 1.05. The van der Waals surface area contributed by atoms with Crippen molar-refractivity contribution in [2.75, 3.05) is 18.4 Å². The number of nitrogens with zero attached hydrogens (tertiary/aromatic N) is 2. The summed E-state index contributed by atoms with van der Waals surface area (Å²) in [7, 11) is 0. The number of fused-ring (bicyclic) bond motifs is 4. The number of hydrogen-bond donors (Lipinski definition) is 1. The number of hydrogen-bond acceptors (Lipinski definition) is 3. The standard InChI is InChI=1S/C22H21N3O3/c26-21-18(20-7-4-10-28-20)8-9-19-16-11-15(13-25(19)21)12-24(14-16)22(27)23-17-5-2-1-3-6-17/h1-10,15-16H,11-14H2,(H,23,27)/t15-,16+/m0/s1. The molecule has 6 nitrogen and oxygen atoms in total. The zero-order valence-electron chi connectivity index (χ0n) is 15.4. The van der Waals surface area contributed by atoms with E-state index >= 15 is 0 Å². The molecule has 2 aromatic heterocycles. The lowest BCUT2D eigenvalue weighted by atomic mass is 9.83. The Labute approximate surface area is 162 Å². The summed E-state index contributed by atoms with van der Waals surface area (Å²) in [6.07, 6.45) is 2.59. The molecule has 6 heteroatoms. The molecule has 0 spiro atoms. The maximum absolute atomic E-state index is 13.0. The average molecular weight is 375 g/mol. The molecule has 1 saturated heterocycles. The van der Waals surface area contributed by atoms with Crippen molar-refractivity contribution in [1.82, 2.24) is 9.47 Å². The highest BCUT2D eigenvalue weighted by Gasteiger charge is 2.36. The van der Waals surface area contributed by atoms with Crippen molar-refractivity contribution in [1.29, 1.82) is 0 Å². The lowest BCUT2D eigenvalue weighted by Gasteiger charge is -2.42. The number of amides is 2. The van der Waals surface area contributed by atoms with Crippen LogP contribution in [0.15, 0.2) is 70.1 Å². The summed E-state index contributed by atoms with van der Waals surface area (Å²) in [5.41, 5.74) is 2.38. The maximum atomic E-state index is 13.0. The number of carbonyl (C=O) groups excluding carboxylic acids is 1. The molecule has 5 rings (SSSR count). The van der Waals surface area contributed by atoms with Crippen LogP contribution in [0.3, 0.4) is 0 Å². The van der Waals surface area contributed by atoms with E-state index in [2.05, 4.69) is 5.32 Å². The Morgan fingerprint density at radius 3 is 2.64 bits per heavy atom. The van der Waals surface area contributed by atoms with Gasteiger partial charge in [-0.2, -0.15) is 0 Å². The number of rotatable bonds is 2. The Balaban J connectivity index is 1.40. The SMILES string of the molecule is O=C(Nc1ccccc1)N1C[C@@H]2C[C@H](C1)c1ccc(-c3ccco3)c(=O)n1C2. The fraction of sp³-hybridized carbons (Fsp3) is 0.273. The molecule has 2 amide bonds. The second kappa shape index (κ2) is 6.71. The highest BCUT2D eigenvalue weighted by molar-refractivity contribution is 5.89. The minimum absolute atomic E-state index is 0.00987. The second-order valence-corrected chi connectivity index (χ2v) is 7.56. The second-order valence-electron chi connectivity index (χ2n) is 7.56. The number of aromatic nitrogens is 1. The van der Waals surface area contributed by atoms with E-state index in [1.54, 1.807) is 12.3 Å². The Kier molecular flexibility index (Phi) is 4.04. The van der Waals surface area contributed by atoms with Crippen LogP contribution in [-0.4, -0.2) is 28.6 Å². The molecule has 142 valence electrons. The van der Waals surface area contributed by atoms with Crippen LogP contribution >= 0.6 is 0 Å². The first-order valence-corrected chi connectivity index (χ1v) is 9.57. The van der Waals surface area contributed by atoms with Crippen LogP contribution in [-0.2, 0) is 6.54 Å². The van der Waals surface area contributed by atoms with Gasteiger partial charge in [0.25, 0.3) is 5.56 Å². The van der Waals surface area contributed by atoms with Crippen LogP contribution in [0.25, 0.3) is 11.3 Å². The molecule has 0 aliphatic carbocycles. The lowest BCUT2D eigenvalue weighted by molar-refractivity contribution is 0.139. The summed E-state index contributed by atoms with van der Waals surface area (Å²) in [6.45, 7) is 1.91. The number of likely N-dealkylation sites (tertiary alicyclic amines) is 1. The Hall–Kier alpha value is -3.28. The van der Waals surface area contributed by atoms with Gasteiger partial charge in [0.2, 0.25) is 0 Å². The highest BCUT2D eigenvalue weighted by atomic mass is 16.3. The molecule has 1 aromatic carbocycles. The number of furan rings is 1. The third kappa shape index (κ3) is 2.91. The molecule has 2 atom stereocenters. The van der Waals surface area contributed by atoms with Crippen molar-refractivity contribution in [2.24, 2.45) is 5.92 Å². The molecule has 2 aliphatic rings. The first-order valence-electron chi connectivity index (χ1n) is 9.57. The minimum Gasteiger partial charge on any atom is -0.464 e. The van der Waals surface area contributed by atoms with E-state index in [9.17, 15) is 9.59 Å². The van der Waals surface area contributed by atoms with Crippen LogP contribution in [0.2, 0.25) is 0 Å². The molecule has 0 saturated carbocycles. The smallest absolute Gasteiger partial charge is 0.321 e. The molecular weight excluding hydrogens is 354 g/mol. The van der Waals surface area contributed by atoms with E-state index in [4.69, 9.17) is 4.42 Å². The van der Waals surface area contributed by atoms with Gasteiger partial charge < -0.3 is 19.2 Å². The number of piperidine rings is 1. The zero-order chi connectivity index (χ0) is 19.1. The van der Waals surface area contributed by atoms with Crippen LogP contribution in [0.1, 0.15) is 18.0 Å². The third-order valence-corrected chi connectivity index (χ3v) is 5.70. The highest BCUT2D eigenvalue weighted by Crippen LogP contribution is 2.36. The quantitative estimate of drug-likeness (QED) is 0.742. The summed E-state index contributed by atoms with van der Waals surface area (Å²) in [6, 6.07) is 16.9. The Morgan fingerprint density at radius 2 is 1.86 bits per heavy atom. The van der Waals surface area contributed by atoms with Gasteiger partial charge in [-0.1, -0.05) is 18.2 Å². The number of benzene rings is 1. The first kappa shape index (κ1) is 16.9. The number of anilines is 1. The summed E-state index contributed by atoms with van der Waals surface area (Å²) in [4.78, 5) is 27.6. The van der Waals surface area contributed by atoms with Crippen LogP contribution in [0.4, 0.5) is 10.5 Å². The fourth-order valence-corrected chi connectivity index (χ4v) is 4.46. The van der Waals surface area contributed by atoms with Crippen molar-refractivity contribution in [3.05, 3.63) is 76.9 Å². The predicted molar refractivity (Wildman–Crippen MR) is 106 cm³/mol. The van der Waals surface area contributed by atoms with Crippen LogP contribution in [0.5, 0.6) is 0 Å². The molecule has 1 fully saturated rings. The van der Waals surface area contributed by atoms with Crippen molar-refractivity contribution < 1.29 is 9.21 Å². The maximum Gasteiger partial charge on any atom is 0.321 e. The molecule has 3 aromatic rings. The molecule has 2 bridgehead atoms. The van der Waals surface area contributed by atoms with Crippen molar-refractivity contribution in [2.45, 2.75) is 18.9 Å². The molecule has 1 N–H and O–H groups in total.